The first-order chi connectivity index (χ1) is 10.0. The van der Waals surface area contributed by atoms with Crippen molar-refractivity contribution in [1.29, 1.82) is 0 Å². The summed E-state index contributed by atoms with van der Waals surface area (Å²) >= 11 is 0. The zero-order valence-corrected chi connectivity index (χ0v) is 12.4. The highest BCUT2D eigenvalue weighted by atomic mass is 32.2. The van der Waals surface area contributed by atoms with E-state index in [9.17, 15) is 8.42 Å². The van der Waals surface area contributed by atoms with Crippen molar-refractivity contribution in [2.75, 3.05) is 6.26 Å². The van der Waals surface area contributed by atoms with Crippen LogP contribution >= 0.6 is 0 Å². The van der Waals surface area contributed by atoms with Gasteiger partial charge in [0.25, 0.3) is 0 Å². The average molecular weight is 308 g/mol. The van der Waals surface area contributed by atoms with Gasteiger partial charge < -0.3 is 4.74 Å². The number of pyridine rings is 1. The van der Waals surface area contributed by atoms with Crippen LogP contribution < -0.4 is 0 Å². The Bertz CT molecular complexity index is 727. The summed E-state index contributed by atoms with van der Waals surface area (Å²) in [5.41, 5.74) is 3.52. The molecule has 0 radical (unpaired) electrons. The maximum absolute atomic E-state index is 11.6. The minimum absolute atomic E-state index is 0.346. The highest BCUT2D eigenvalue weighted by Crippen LogP contribution is 2.26. The standard InChI is InChI=1S/C13H16N4O3S/c1-21(18,19)17-6-11-12(7-17)15-16-13(11)9-20-8-10-3-2-4-14-5-10/h2-5H,6-9H2,1H3,(H,15,16). The molecule has 21 heavy (non-hydrogen) atoms. The van der Waals surface area contributed by atoms with Gasteiger partial charge >= 0.3 is 0 Å². The number of hydrogen-bond acceptors (Lipinski definition) is 5. The lowest BCUT2D eigenvalue weighted by molar-refractivity contribution is 0.103. The van der Waals surface area contributed by atoms with Gasteiger partial charge in [-0.3, -0.25) is 10.1 Å². The molecule has 8 heteroatoms. The van der Waals surface area contributed by atoms with Crippen LogP contribution in [0.1, 0.15) is 22.5 Å². The van der Waals surface area contributed by atoms with Gasteiger partial charge in [-0.05, 0) is 11.6 Å². The number of hydrogen-bond donors (Lipinski definition) is 1. The molecule has 1 aliphatic heterocycles. The Morgan fingerprint density at radius 3 is 2.95 bits per heavy atom. The van der Waals surface area contributed by atoms with Crippen LogP contribution in [0.5, 0.6) is 0 Å². The molecular formula is C13H16N4O3S. The van der Waals surface area contributed by atoms with Crippen LogP contribution in [-0.2, 0) is 41.1 Å². The van der Waals surface area contributed by atoms with E-state index in [2.05, 4.69) is 15.2 Å². The minimum atomic E-state index is -3.18. The second-order valence-electron chi connectivity index (χ2n) is 5.01. The molecule has 0 unspecified atom stereocenters. The quantitative estimate of drug-likeness (QED) is 0.882. The van der Waals surface area contributed by atoms with Crippen LogP contribution in [0.4, 0.5) is 0 Å². The fourth-order valence-corrected chi connectivity index (χ4v) is 3.00. The first kappa shape index (κ1) is 14.2. The van der Waals surface area contributed by atoms with Crippen molar-refractivity contribution < 1.29 is 13.2 Å². The lowest BCUT2D eigenvalue weighted by Crippen LogP contribution is -2.24. The Morgan fingerprint density at radius 1 is 1.38 bits per heavy atom. The molecule has 2 aromatic rings. The molecule has 0 amide bonds. The van der Waals surface area contributed by atoms with E-state index in [1.807, 2.05) is 12.1 Å². The largest absolute Gasteiger partial charge is 0.370 e. The lowest BCUT2D eigenvalue weighted by Gasteiger charge is -2.11. The van der Waals surface area contributed by atoms with Crippen LogP contribution in [0.3, 0.4) is 0 Å². The number of ether oxygens (including phenoxy) is 1. The van der Waals surface area contributed by atoms with E-state index in [0.29, 0.717) is 26.3 Å². The van der Waals surface area contributed by atoms with Crippen molar-refractivity contribution in [1.82, 2.24) is 19.5 Å². The maximum atomic E-state index is 11.6. The summed E-state index contributed by atoms with van der Waals surface area (Å²) in [4.78, 5) is 4.02. The van der Waals surface area contributed by atoms with Gasteiger partial charge in [0.15, 0.2) is 0 Å². The van der Waals surface area contributed by atoms with Gasteiger partial charge in [-0.15, -0.1) is 0 Å². The van der Waals surface area contributed by atoms with Crippen molar-refractivity contribution in [2.45, 2.75) is 26.3 Å². The van der Waals surface area contributed by atoms with Gasteiger partial charge in [0.05, 0.1) is 37.4 Å². The summed E-state index contributed by atoms with van der Waals surface area (Å²) < 4.78 is 30.2. The Hall–Kier alpha value is -1.77. The van der Waals surface area contributed by atoms with Crippen molar-refractivity contribution in [2.24, 2.45) is 0 Å². The van der Waals surface area contributed by atoms with Crippen LogP contribution in [-0.4, -0.2) is 34.2 Å². The number of aromatic nitrogens is 3. The first-order valence-corrected chi connectivity index (χ1v) is 8.35. The molecule has 112 valence electrons. The smallest absolute Gasteiger partial charge is 0.211 e. The van der Waals surface area contributed by atoms with Crippen LogP contribution in [0, 0.1) is 0 Å². The summed E-state index contributed by atoms with van der Waals surface area (Å²) in [7, 11) is -3.18. The van der Waals surface area contributed by atoms with Gasteiger partial charge in [0, 0.05) is 24.5 Å². The Kier molecular flexibility index (Phi) is 3.75. The fraction of sp³-hybridized carbons (Fsp3) is 0.385. The second-order valence-corrected chi connectivity index (χ2v) is 6.99. The fourth-order valence-electron chi connectivity index (χ4n) is 2.27. The number of aromatic amines is 1. The van der Waals surface area contributed by atoms with E-state index >= 15 is 0 Å². The molecule has 0 atom stereocenters. The molecule has 1 aliphatic rings. The molecule has 0 saturated heterocycles. The molecule has 7 nitrogen and oxygen atoms in total. The topological polar surface area (TPSA) is 88.2 Å². The van der Waals surface area contributed by atoms with E-state index in [-0.39, 0.29) is 0 Å². The highest BCUT2D eigenvalue weighted by Gasteiger charge is 2.30. The molecule has 0 aromatic carbocycles. The second kappa shape index (κ2) is 5.55. The molecule has 2 aromatic heterocycles. The van der Waals surface area contributed by atoms with Crippen molar-refractivity contribution in [3.63, 3.8) is 0 Å². The predicted molar refractivity (Wildman–Crippen MR) is 75.4 cm³/mol. The summed E-state index contributed by atoms with van der Waals surface area (Å²) in [5, 5.41) is 7.09. The summed E-state index contributed by atoms with van der Waals surface area (Å²) in [5.74, 6) is 0. The third-order valence-electron chi connectivity index (χ3n) is 3.41. The third-order valence-corrected chi connectivity index (χ3v) is 4.60. The number of fused-ring (bicyclic) bond motifs is 1. The van der Waals surface area contributed by atoms with Crippen LogP contribution in [0.2, 0.25) is 0 Å². The van der Waals surface area contributed by atoms with Crippen molar-refractivity contribution >= 4 is 10.0 Å². The molecule has 0 saturated carbocycles. The van der Waals surface area contributed by atoms with E-state index in [0.717, 1.165) is 22.5 Å². The van der Waals surface area contributed by atoms with Gasteiger partial charge in [-0.2, -0.15) is 9.40 Å². The third kappa shape index (κ3) is 3.12. The van der Waals surface area contributed by atoms with Gasteiger partial charge in [0.1, 0.15) is 0 Å². The van der Waals surface area contributed by atoms with Gasteiger partial charge in [0.2, 0.25) is 10.0 Å². The molecule has 3 heterocycles. The predicted octanol–water partition coefficient (Wildman–Crippen LogP) is 0.797. The van der Waals surface area contributed by atoms with E-state index < -0.39 is 10.0 Å². The molecular weight excluding hydrogens is 292 g/mol. The van der Waals surface area contributed by atoms with Crippen LogP contribution in [0.15, 0.2) is 24.5 Å². The molecule has 0 aliphatic carbocycles. The van der Waals surface area contributed by atoms with Gasteiger partial charge in [-0.25, -0.2) is 8.42 Å². The van der Waals surface area contributed by atoms with Crippen LogP contribution in [0.25, 0.3) is 0 Å². The molecule has 1 N–H and O–H groups in total. The highest BCUT2D eigenvalue weighted by molar-refractivity contribution is 7.88. The SMILES string of the molecule is CS(=O)(=O)N1Cc2[nH]nc(COCc3cccnc3)c2C1. The Morgan fingerprint density at radius 2 is 2.24 bits per heavy atom. The summed E-state index contributed by atoms with van der Waals surface area (Å²) in [6.45, 7) is 1.50. The zero-order chi connectivity index (χ0) is 14.9. The Labute approximate surface area is 123 Å². The van der Waals surface area contributed by atoms with E-state index in [1.165, 1.54) is 10.6 Å². The number of sulfonamides is 1. The molecule has 0 bridgehead atoms. The van der Waals surface area contributed by atoms with E-state index in [4.69, 9.17) is 4.74 Å². The summed E-state index contributed by atoms with van der Waals surface area (Å²) in [6.07, 6.45) is 4.68. The number of nitrogens with zero attached hydrogens (tertiary/aromatic N) is 3. The number of nitrogens with one attached hydrogen (secondary N) is 1. The maximum Gasteiger partial charge on any atom is 0.211 e. The van der Waals surface area contributed by atoms with Gasteiger partial charge in [-0.1, -0.05) is 6.07 Å². The normalized spacial score (nSPS) is 15.3. The van der Waals surface area contributed by atoms with Crippen molar-refractivity contribution in [3.8, 4) is 0 Å². The number of H-pyrrole nitrogens is 1. The van der Waals surface area contributed by atoms with Crippen molar-refractivity contribution in [3.05, 3.63) is 47.0 Å². The number of rotatable bonds is 5. The zero-order valence-electron chi connectivity index (χ0n) is 11.6. The average Bonchev–Trinajstić information content (AvgIpc) is 3.01. The molecule has 0 spiro atoms. The summed E-state index contributed by atoms with van der Waals surface area (Å²) in [6, 6.07) is 3.79. The molecule has 3 rings (SSSR count). The molecule has 0 fully saturated rings. The lowest BCUT2D eigenvalue weighted by atomic mass is 10.2. The van der Waals surface area contributed by atoms with E-state index in [1.54, 1.807) is 12.4 Å². The monoisotopic (exact) mass is 308 g/mol. The Balaban J connectivity index is 1.62. The first-order valence-electron chi connectivity index (χ1n) is 6.51. The minimum Gasteiger partial charge on any atom is -0.370 e.